The largest absolute Gasteiger partial charge is 0.379 e. The third kappa shape index (κ3) is 2.07. The molecule has 19 heavy (non-hydrogen) atoms. The monoisotopic (exact) mass is 252 g/mol. The molecule has 0 unspecified atom stereocenters. The van der Waals surface area contributed by atoms with Gasteiger partial charge in [-0.05, 0) is 44.5 Å². The van der Waals surface area contributed by atoms with Crippen LogP contribution in [0.2, 0.25) is 0 Å². The van der Waals surface area contributed by atoms with Crippen LogP contribution >= 0.6 is 0 Å². The first-order valence-electron chi connectivity index (χ1n) is 6.78. The minimum Gasteiger partial charge on any atom is -0.379 e. The van der Waals surface area contributed by atoms with E-state index >= 15 is 0 Å². The average Bonchev–Trinajstić information content (AvgIpc) is 2.54. The van der Waals surface area contributed by atoms with Gasteiger partial charge in [0.2, 0.25) is 0 Å². The van der Waals surface area contributed by atoms with E-state index in [0.29, 0.717) is 0 Å². The second kappa shape index (κ2) is 4.30. The molecule has 2 aromatic rings. The zero-order valence-electron chi connectivity index (χ0n) is 11.8. The molecule has 1 N–H and O–H groups in total. The number of hydrogen-bond acceptors (Lipinski definition) is 2. The van der Waals surface area contributed by atoms with Crippen molar-refractivity contribution < 1.29 is 0 Å². The summed E-state index contributed by atoms with van der Waals surface area (Å²) in [4.78, 5) is 2.43. The van der Waals surface area contributed by atoms with Crippen molar-refractivity contribution in [1.82, 2.24) is 0 Å². The molecule has 0 aromatic heterocycles. The number of nitrogens with zero attached hydrogens (tertiary/aromatic N) is 1. The van der Waals surface area contributed by atoms with Gasteiger partial charge in [-0.15, -0.1) is 0 Å². The molecule has 0 amide bonds. The lowest BCUT2D eigenvalue weighted by Gasteiger charge is -2.38. The van der Waals surface area contributed by atoms with Gasteiger partial charge in [0, 0.05) is 17.8 Å². The van der Waals surface area contributed by atoms with Crippen LogP contribution in [-0.2, 0) is 6.54 Å². The highest BCUT2D eigenvalue weighted by atomic mass is 15.2. The van der Waals surface area contributed by atoms with Gasteiger partial charge in [0.15, 0.2) is 0 Å². The van der Waals surface area contributed by atoms with Gasteiger partial charge in [-0.1, -0.05) is 30.3 Å². The molecule has 0 fully saturated rings. The van der Waals surface area contributed by atoms with Gasteiger partial charge in [-0.25, -0.2) is 0 Å². The quantitative estimate of drug-likeness (QED) is 0.740. The molecule has 0 radical (unpaired) electrons. The summed E-state index contributed by atoms with van der Waals surface area (Å²) in [5.41, 5.74) is 5.13. The fourth-order valence-electron chi connectivity index (χ4n) is 2.74. The van der Waals surface area contributed by atoms with Crippen molar-refractivity contribution >= 4 is 17.1 Å². The summed E-state index contributed by atoms with van der Waals surface area (Å²) in [5.74, 6) is 0. The van der Waals surface area contributed by atoms with Crippen LogP contribution in [-0.4, -0.2) is 5.54 Å². The van der Waals surface area contributed by atoms with Crippen molar-refractivity contribution in [3.05, 3.63) is 54.1 Å². The highest BCUT2D eigenvalue weighted by Gasteiger charge is 2.28. The maximum atomic E-state index is 3.54. The Balaban J connectivity index is 2.25. The first-order chi connectivity index (χ1) is 9.07. The Labute approximate surface area is 115 Å². The SMILES string of the molecule is CC(C)(C)N1c2ccccc2CNc2ccccc21. The molecule has 0 saturated carbocycles. The lowest BCUT2D eigenvalue weighted by atomic mass is 10.0. The molecule has 0 atom stereocenters. The van der Waals surface area contributed by atoms with E-state index in [4.69, 9.17) is 0 Å². The van der Waals surface area contributed by atoms with E-state index in [1.165, 1.54) is 22.6 Å². The zero-order valence-corrected chi connectivity index (χ0v) is 11.8. The summed E-state index contributed by atoms with van der Waals surface area (Å²) in [6, 6.07) is 17.2. The van der Waals surface area contributed by atoms with Crippen LogP contribution in [0.25, 0.3) is 0 Å². The molecule has 0 aliphatic carbocycles. The number of benzene rings is 2. The highest BCUT2D eigenvalue weighted by Crippen LogP contribution is 2.41. The van der Waals surface area contributed by atoms with Crippen LogP contribution < -0.4 is 10.2 Å². The standard InChI is InChI=1S/C17H20N2/c1-17(2,3)19-15-10-6-4-8-13(15)12-18-14-9-5-7-11-16(14)19/h4-11,18H,12H2,1-3H3. The lowest BCUT2D eigenvalue weighted by molar-refractivity contribution is 0.560. The van der Waals surface area contributed by atoms with Crippen molar-refractivity contribution in [2.24, 2.45) is 0 Å². The maximum Gasteiger partial charge on any atom is 0.0651 e. The Kier molecular flexibility index (Phi) is 2.74. The third-order valence-corrected chi connectivity index (χ3v) is 3.52. The molecule has 98 valence electrons. The summed E-state index contributed by atoms with van der Waals surface area (Å²) < 4.78 is 0. The average molecular weight is 252 g/mol. The zero-order chi connectivity index (χ0) is 13.5. The second-order valence-electron chi connectivity index (χ2n) is 6.01. The van der Waals surface area contributed by atoms with Gasteiger partial charge in [-0.3, -0.25) is 0 Å². The van der Waals surface area contributed by atoms with Crippen LogP contribution in [0.3, 0.4) is 0 Å². The number of para-hydroxylation sites is 3. The Morgan fingerprint density at radius 3 is 2.26 bits per heavy atom. The van der Waals surface area contributed by atoms with Crippen LogP contribution in [0.5, 0.6) is 0 Å². The lowest BCUT2D eigenvalue weighted by Crippen LogP contribution is -2.37. The van der Waals surface area contributed by atoms with Crippen molar-refractivity contribution in [2.75, 3.05) is 10.2 Å². The fraction of sp³-hybridized carbons (Fsp3) is 0.294. The van der Waals surface area contributed by atoms with Crippen molar-refractivity contribution in [2.45, 2.75) is 32.9 Å². The van der Waals surface area contributed by atoms with Crippen molar-refractivity contribution in [3.8, 4) is 0 Å². The van der Waals surface area contributed by atoms with Gasteiger partial charge in [0.05, 0.1) is 11.4 Å². The second-order valence-corrected chi connectivity index (χ2v) is 6.01. The van der Waals surface area contributed by atoms with Crippen LogP contribution in [0.4, 0.5) is 17.1 Å². The molecular weight excluding hydrogens is 232 g/mol. The number of nitrogens with one attached hydrogen (secondary N) is 1. The molecule has 2 nitrogen and oxygen atoms in total. The molecule has 2 aromatic carbocycles. The van der Waals surface area contributed by atoms with Crippen LogP contribution in [0.1, 0.15) is 26.3 Å². The van der Waals surface area contributed by atoms with Crippen molar-refractivity contribution in [1.29, 1.82) is 0 Å². The molecule has 1 aliphatic heterocycles. The van der Waals surface area contributed by atoms with Gasteiger partial charge in [0.25, 0.3) is 0 Å². The molecule has 2 heteroatoms. The van der Waals surface area contributed by atoms with E-state index in [-0.39, 0.29) is 5.54 Å². The van der Waals surface area contributed by atoms with E-state index in [1.807, 2.05) is 0 Å². The molecule has 3 rings (SSSR count). The normalized spacial score (nSPS) is 14.2. The summed E-state index contributed by atoms with van der Waals surface area (Å²) in [7, 11) is 0. The first-order valence-corrected chi connectivity index (χ1v) is 6.78. The minimum absolute atomic E-state index is 0.0399. The van der Waals surface area contributed by atoms with Gasteiger partial charge in [0.1, 0.15) is 0 Å². The summed E-state index contributed by atoms with van der Waals surface area (Å²) in [6.45, 7) is 7.64. The predicted octanol–water partition coefficient (Wildman–Crippen LogP) is 4.55. The highest BCUT2D eigenvalue weighted by molar-refractivity contribution is 5.81. The van der Waals surface area contributed by atoms with E-state index in [2.05, 4.69) is 79.5 Å². The number of hydrogen-bond donors (Lipinski definition) is 1. The van der Waals surface area contributed by atoms with Crippen LogP contribution in [0, 0.1) is 0 Å². The van der Waals surface area contributed by atoms with E-state index in [1.54, 1.807) is 0 Å². The summed E-state index contributed by atoms with van der Waals surface area (Å²) >= 11 is 0. The molecule has 1 aliphatic rings. The topological polar surface area (TPSA) is 15.3 Å². The molecular formula is C17H20N2. The Morgan fingerprint density at radius 1 is 0.895 bits per heavy atom. The number of anilines is 3. The summed E-state index contributed by atoms with van der Waals surface area (Å²) in [5, 5.41) is 3.54. The number of fused-ring (bicyclic) bond motifs is 2. The molecule has 0 bridgehead atoms. The van der Waals surface area contributed by atoms with E-state index in [9.17, 15) is 0 Å². The smallest absolute Gasteiger partial charge is 0.0651 e. The molecule has 0 spiro atoms. The van der Waals surface area contributed by atoms with E-state index in [0.717, 1.165) is 6.54 Å². The maximum absolute atomic E-state index is 3.54. The predicted molar refractivity (Wildman–Crippen MR) is 82.1 cm³/mol. The Bertz CT molecular complexity index is 549. The molecule has 1 heterocycles. The molecule has 0 saturated heterocycles. The van der Waals surface area contributed by atoms with Crippen molar-refractivity contribution in [3.63, 3.8) is 0 Å². The van der Waals surface area contributed by atoms with Gasteiger partial charge in [-0.2, -0.15) is 0 Å². The van der Waals surface area contributed by atoms with Gasteiger partial charge < -0.3 is 10.2 Å². The Hall–Kier alpha value is -1.96. The van der Waals surface area contributed by atoms with Gasteiger partial charge >= 0.3 is 0 Å². The minimum atomic E-state index is 0.0399. The third-order valence-electron chi connectivity index (χ3n) is 3.52. The van der Waals surface area contributed by atoms with E-state index < -0.39 is 0 Å². The fourth-order valence-corrected chi connectivity index (χ4v) is 2.74. The first kappa shape index (κ1) is 12.1. The summed E-state index contributed by atoms with van der Waals surface area (Å²) in [6.07, 6.45) is 0. The van der Waals surface area contributed by atoms with Crippen LogP contribution in [0.15, 0.2) is 48.5 Å². The number of rotatable bonds is 0. The Morgan fingerprint density at radius 2 is 1.53 bits per heavy atom.